The molecule has 1 atom stereocenters. The number of carbonyl (C=O) groups is 1. The van der Waals surface area contributed by atoms with E-state index in [9.17, 15) is 13.6 Å². The van der Waals surface area contributed by atoms with Gasteiger partial charge in [0, 0.05) is 24.6 Å². The van der Waals surface area contributed by atoms with Crippen LogP contribution in [0.1, 0.15) is 19.4 Å². The Bertz CT molecular complexity index is 484. The summed E-state index contributed by atoms with van der Waals surface area (Å²) in [7, 11) is 1.75. The van der Waals surface area contributed by atoms with Gasteiger partial charge in [-0.15, -0.1) is 0 Å². The van der Waals surface area contributed by atoms with Gasteiger partial charge in [-0.25, -0.2) is 0 Å². The van der Waals surface area contributed by atoms with Crippen molar-refractivity contribution in [1.29, 1.82) is 0 Å². The van der Waals surface area contributed by atoms with Gasteiger partial charge in [0.25, 0.3) is 0 Å². The van der Waals surface area contributed by atoms with Crippen molar-refractivity contribution in [3.05, 3.63) is 23.8 Å². The summed E-state index contributed by atoms with van der Waals surface area (Å²) in [6.45, 7) is 1.52. The van der Waals surface area contributed by atoms with Crippen molar-refractivity contribution < 1.29 is 23.0 Å². The number of para-hydroxylation sites is 1. The van der Waals surface area contributed by atoms with Crippen molar-refractivity contribution in [2.75, 3.05) is 20.2 Å². The average Bonchev–Trinajstić information content (AvgIpc) is 2.47. The highest BCUT2D eigenvalue weighted by atomic mass is 19.3. The molecule has 0 spiro atoms. The lowest BCUT2D eigenvalue weighted by Gasteiger charge is -2.17. The maximum absolute atomic E-state index is 12.6. The minimum Gasteiger partial charge on any atom is -0.490 e. The van der Waals surface area contributed by atoms with Crippen molar-refractivity contribution in [2.24, 2.45) is 5.92 Å². The predicted molar refractivity (Wildman–Crippen MR) is 79.2 cm³/mol. The zero-order valence-electron chi connectivity index (χ0n) is 13.0. The van der Waals surface area contributed by atoms with Gasteiger partial charge in [0.2, 0.25) is 5.91 Å². The zero-order valence-corrected chi connectivity index (χ0v) is 13.0. The largest absolute Gasteiger partial charge is 0.490 e. The number of nitrogens with one attached hydrogen (secondary N) is 2. The molecular formula is C15H22F2N2O3. The summed E-state index contributed by atoms with van der Waals surface area (Å²) >= 11 is 0. The Morgan fingerprint density at radius 1 is 1.36 bits per heavy atom. The zero-order chi connectivity index (χ0) is 16.5. The van der Waals surface area contributed by atoms with E-state index in [4.69, 9.17) is 4.74 Å². The third-order valence-electron chi connectivity index (χ3n) is 2.98. The van der Waals surface area contributed by atoms with E-state index in [1.165, 1.54) is 0 Å². The molecule has 2 N–H and O–H groups in total. The molecule has 7 heteroatoms. The van der Waals surface area contributed by atoms with Crippen LogP contribution in [0.15, 0.2) is 18.2 Å². The van der Waals surface area contributed by atoms with Crippen molar-refractivity contribution >= 4 is 5.91 Å². The fourth-order valence-corrected chi connectivity index (χ4v) is 1.95. The number of ether oxygens (including phenoxy) is 2. The lowest BCUT2D eigenvalue weighted by molar-refractivity contribution is -0.124. The highest BCUT2D eigenvalue weighted by Crippen LogP contribution is 2.32. The van der Waals surface area contributed by atoms with Gasteiger partial charge in [-0.1, -0.05) is 19.1 Å². The van der Waals surface area contributed by atoms with Gasteiger partial charge in [0.1, 0.15) is 0 Å². The summed E-state index contributed by atoms with van der Waals surface area (Å²) in [5, 5.41) is 5.61. The molecule has 0 aliphatic heterocycles. The van der Waals surface area contributed by atoms with E-state index in [2.05, 4.69) is 15.4 Å². The highest BCUT2D eigenvalue weighted by Gasteiger charge is 2.17. The van der Waals surface area contributed by atoms with Crippen LogP contribution in [0.3, 0.4) is 0 Å². The molecule has 1 unspecified atom stereocenters. The topological polar surface area (TPSA) is 59.6 Å². The first-order valence-corrected chi connectivity index (χ1v) is 7.11. The van der Waals surface area contributed by atoms with E-state index in [1.807, 2.05) is 0 Å². The molecule has 0 aromatic heterocycles. The quantitative estimate of drug-likeness (QED) is 0.733. The van der Waals surface area contributed by atoms with Gasteiger partial charge in [0.15, 0.2) is 11.5 Å². The molecule has 0 radical (unpaired) electrons. The Morgan fingerprint density at radius 2 is 2.09 bits per heavy atom. The van der Waals surface area contributed by atoms with E-state index in [0.717, 1.165) is 0 Å². The lowest BCUT2D eigenvalue weighted by Crippen LogP contribution is -2.34. The van der Waals surface area contributed by atoms with Gasteiger partial charge in [0.05, 0.1) is 6.61 Å². The number of carbonyl (C=O) groups excluding carboxylic acids is 1. The smallest absolute Gasteiger partial charge is 0.387 e. The molecule has 0 fully saturated rings. The summed E-state index contributed by atoms with van der Waals surface area (Å²) in [6.07, 6.45) is 0. The third-order valence-corrected chi connectivity index (χ3v) is 2.98. The summed E-state index contributed by atoms with van der Waals surface area (Å²) in [4.78, 5) is 11.9. The SMILES string of the molecule is CCOc1cccc(CNC(=O)C(C)CNC)c1OC(F)F. The number of hydrogen-bond acceptors (Lipinski definition) is 4. The molecule has 0 saturated carbocycles. The van der Waals surface area contributed by atoms with Crippen LogP contribution in [0, 0.1) is 5.92 Å². The number of alkyl halides is 2. The van der Waals surface area contributed by atoms with Gasteiger partial charge < -0.3 is 20.1 Å². The molecule has 0 saturated heterocycles. The number of hydrogen-bond donors (Lipinski definition) is 2. The molecule has 1 aromatic rings. The van der Waals surface area contributed by atoms with E-state index in [-0.39, 0.29) is 29.9 Å². The Kier molecular flexibility index (Phi) is 7.59. The third kappa shape index (κ3) is 5.48. The minimum absolute atomic E-state index is 0.0408. The molecule has 124 valence electrons. The van der Waals surface area contributed by atoms with Crippen LogP contribution in [0.25, 0.3) is 0 Å². The molecule has 5 nitrogen and oxygen atoms in total. The van der Waals surface area contributed by atoms with E-state index >= 15 is 0 Å². The second kappa shape index (κ2) is 9.19. The summed E-state index contributed by atoms with van der Waals surface area (Å²) in [5.74, 6) is -0.197. The number of halogens is 2. The first-order chi connectivity index (χ1) is 10.5. The number of benzene rings is 1. The lowest BCUT2D eigenvalue weighted by atomic mass is 10.1. The Morgan fingerprint density at radius 3 is 2.68 bits per heavy atom. The van der Waals surface area contributed by atoms with Gasteiger partial charge in [-0.05, 0) is 20.0 Å². The second-order valence-corrected chi connectivity index (χ2v) is 4.73. The van der Waals surface area contributed by atoms with Gasteiger partial charge >= 0.3 is 6.61 Å². The fraction of sp³-hybridized carbons (Fsp3) is 0.533. The van der Waals surface area contributed by atoms with Gasteiger partial charge in [-0.2, -0.15) is 8.78 Å². The molecule has 22 heavy (non-hydrogen) atoms. The minimum atomic E-state index is -2.96. The maximum atomic E-state index is 12.6. The van der Waals surface area contributed by atoms with Crippen LogP contribution < -0.4 is 20.1 Å². The van der Waals surface area contributed by atoms with E-state index in [0.29, 0.717) is 18.7 Å². The normalized spacial score (nSPS) is 12.1. The standard InChI is InChI=1S/C15H22F2N2O3/c1-4-21-12-7-5-6-11(13(12)22-15(16)17)9-19-14(20)10(2)8-18-3/h5-7,10,15,18H,4,8-9H2,1-3H3,(H,19,20). The maximum Gasteiger partial charge on any atom is 0.387 e. The Hall–Kier alpha value is -1.89. The van der Waals surface area contributed by atoms with Crippen molar-refractivity contribution in [1.82, 2.24) is 10.6 Å². The molecule has 0 heterocycles. The average molecular weight is 316 g/mol. The molecule has 1 rings (SSSR count). The molecule has 0 aliphatic rings. The molecular weight excluding hydrogens is 294 g/mol. The summed E-state index contributed by atoms with van der Waals surface area (Å²) in [5.41, 5.74) is 0.441. The van der Waals surface area contributed by atoms with Crippen molar-refractivity contribution in [3.63, 3.8) is 0 Å². The van der Waals surface area contributed by atoms with Crippen LogP contribution in [0.4, 0.5) is 8.78 Å². The van der Waals surface area contributed by atoms with E-state index < -0.39 is 6.61 Å². The second-order valence-electron chi connectivity index (χ2n) is 4.73. The summed E-state index contributed by atoms with van der Waals surface area (Å²) < 4.78 is 35.0. The summed E-state index contributed by atoms with van der Waals surface area (Å²) in [6, 6.07) is 4.83. The van der Waals surface area contributed by atoms with Crippen LogP contribution in [-0.2, 0) is 11.3 Å². The van der Waals surface area contributed by atoms with Crippen LogP contribution in [0.2, 0.25) is 0 Å². The molecule has 0 bridgehead atoms. The van der Waals surface area contributed by atoms with Crippen molar-refractivity contribution in [2.45, 2.75) is 27.0 Å². The van der Waals surface area contributed by atoms with Crippen LogP contribution >= 0.6 is 0 Å². The fourth-order valence-electron chi connectivity index (χ4n) is 1.95. The van der Waals surface area contributed by atoms with Gasteiger partial charge in [-0.3, -0.25) is 4.79 Å². The number of amides is 1. The van der Waals surface area contributed by atoms with Crippen LogP contribution in [0.5, 0.6) is 11.5 Å². The Labute approximate surface area is 129 Å². The van der Waals surface area contributed by atoms with Crippen LogP contribution in [-0.4, -0.2) is 32.7 Å². The number of rotatable bonds is 9. The first-order valence-electron chi connectivity index (χ1n) is 7.11. The predicted octanol–water partition coefficient (Wildman–Crippen LogP) is 2.16. The van der Waals surface area contributed by atoms with Crippen molar-refractivity contribution in [3.8, 4) is 11.5 Å². The highest BCUT2D eigenvalue weighted by molar-refractivity contribution is 5.78. The monoisotopic (exact) mass is 316 g/mol. The molecule has 1 amide bonds. The first kappa shape index (κ1) is 18.2. The Balaban J connectivity index is 2.84. The molecule has 1 aromatic carbocycles. The van der Waals surface area contributed by atoms with E-state index in [1.54, 1.807) is 39.1 Å². The molecule has 0 aliphatic carbocycles.